The van der Waals surface area contributed by atoms with E-state index in [0.717, 1.165) is 18.5 Å². The molecule has 3 nitrogen and oxygen atoms in total. The molecule has 0 aliphatic rings. The molecule has 1 rings (SSSR count). The van der Waals surface area contributed by atoms with Crippen LogP contribution in [-0.2, 0) is 0 Å². The fourth-order valence-corrected chi connectivity index (χ4v) is 2.26. The zero-order valence-corrected chi connectivity index (χ0v) is 10.9. The second kappa shape index (κ2) is 8.65. The first-order chi connectivity index (χ1) is 7.84. The van der Waals surface area contributed by atoms with Gasteiger partial charge in [0.15, 0.2) is 0 Å². The van der Waals surface area contributed by atoms with Gasteiger partial charge in [-0.25, -0.2) is 0 Å². The normalized spacial score (nSPS) is 12.9. The maximum atomic E-state index is 9.75. The van der Waals surface area contributed by atoms with Crippen molar-refractivity contribution in [3.05, 3.63) is 11.1 Å². The third kappa shape index (κ3) is 5.56. The molecule has 0 saturated heterocycles. The Morgan fingerprint density at radius 2 is 1.88 bits per heavy atom. The van der Waals surface area contributed by atoms with E-state index >= 15 is 0 Å². The van der Waals surface area contributed by atoms with Crippen molar-refractivity contribution < 1.29 is 5.11 Å². The highest BCUT2D eigenvalue weighted by Crippen LogP contribution is 2.18. The molecule has 0 aliphatic carbocycles. The van der Waals surface area contributed by atoms with E-state index in [4.69, 9.17) is 0 Å². The van der Waals surface area contributed by atoms with Gasteiger partial charge in [0.1, 0.15) is 5.69 Å². The largest absolute Gasteiger partial charge is 0.387 e. The van der Waals surface area contributed by atoms with Crippen molar-refractivity contribution in [2.75, 3.05) is 0 Å². The number of nitrogens with zero attached hydrogens (tertiary/aromatic N) is 2. The summed E-state index contributed by atoms with van der Waals surface area (Å²) in [5.74, 6) is 0. The molecule has 0 saturated carbocycles. The van der Waals surface area contributed by atoms with E-state index < -0.39 is 6.10 Å². The van der Waals surface area contributed by atoms with Crippen LogP contribution < -0.4 is 0 Å². The maximum absolute atomic E-state index is 9.75. The van der Waals surface area contributed by atoms with E-state index in [1.807, 2.05) is 5.38 Å². The van der Waals surface area contributed by atoms with Crippen LogP contribution in [0.15, 0.2) is 5.38 Å². The van der Waals surface area contributed by atoms with Gasteiger partial charge in [-0.2, -0.15) is 0 Å². The molecule has 0 bridgehead atoms. The summed E-state index contributed by atoms with van der Waals surface area (Å²) in [6, 6.07) is 0. The fraction of sp³-hybridized carbons (Fsp3) is 0.833. The minimum Gasteiger partial charge on any atom is -0.387 e. The molecule has 0 radical (unpaired) electrons. The van der Waals surface area contributed by atoms with E-state index in [1.165, 1.54) is 50.1 Å². The lowest BCUT2D eigenvalue weighted by Gasteiger charge is -2.06. The van der Waals surface area contributed by atoms with E-state index in [-0.39, 0.29) is 0 Å². The molecule has 1 aromatic heterocycles. The van der Waals surface area contributed by atoms with Crippen molar-refractivity contribution in [2.24, 2.45) is 0 Å². The Hall–Kier alpha value is -0.480. The van der Waals surface area contributed by atoms with Gasteiger partial charge >= 0.3 is 0 Å². The third-order valence-corrected chi connectivity index (χ3v) is 3.32. The Kier molecular flexibility index (Phi) is 7.34. The molecule has 0 aliphatic heterocycles. The number of hydrogen-bond acceptors (Lipinski definition) is 4. The highest BCUT2D eigenvalue weighted by molar-refractivity contribution is 7.03. The highest BCUT2D eigenvalue weighted by atomic mass is 32.1. The Labute approximate surface area is 102 Å². The lowest BCUT2D eigenvalue weighted by atomic mass is 10.1. The van der Waals surface area contributed by atoms with Gasteiger partial charge in [0.25, 0.3) is 0 Å². The van der Waals surface area contributed by atoms with Gasteiger partial charge in [-0.1, -0.05) is 56.4 Å². The lowest BCUT2D eigenvalue weighted by Crippen LogP contribution is -1.97. The number of hydrogen-bond donors (Lipinski definition) is 1. The van der Waals surface area contributed by atoms with E-state index in [9.17, 15) is 5.11 Å². The van der Waals surface area contributed by atoms with Crippen molar-refractivity contribution >= 4 is 11.5 Å². The summed E-state index contributed by atoms with van der Waals surface area (Å²) < 4.78 is 3.75. The number of aliphatic hydroxyl groups is 1. The SMILES string of the molecule is CCCCCCCCCC(O)c1csnn1. The van der Waals surface area contributed by atoms with Crippen LogP contribution in [0.5, 0.6) is 0 Å². The zero-order chi connectivity index (χ0) is 11.6. The van der Waals surface area contributed by atoms with Crippen LogP contribution in [0.1, 0.15) is 70.1 Å². The van der Waals surface area contributed by atoms with Gasteiger partial charge in [0.2, 0.25) is 0 Å². The third-order valence-electron chi connectivity index (χ3n) is 2.80. The summed E-state index contributed by atoms with van der Waals surface area (Å²) in [4.78, 5) is 0. The van der Waals surface area contributed by atoms with Crippen molar-refractivity contribution in [1.29, 1.82) is 0 Å². The van der Waals surface area contributed by atoms with Crippen LogP contribution >= 0.6 is 11.5 Å². The molecule has 1 atom stereocenters. The summed E-state index contributed by atoms with van der Waals surface area (Å²) in [6.07, 6.45) is 9.36. The van der Waals surface area contributed by atoms with Gasteiger partial charge in [0.05, 0.1) is 6.10 Å². The Balaban J connectivity index is 1.95. The van der Waals surface area contributed by atoms with Crippen molar-refractivity contribution in [1.82, 2.24) is 9.59 Å². The van der Waals surface area contributed by atoms with Crippen LogP contribution in [0.3, 0.4) is 0 Å². The van der Waals surface area contributed by atoms with Gasteiger partial charge in [-0.05, 0) is 18.0 Å². The number of rotatable bonds is 9. The Morgan fingerprint density at radius 3 is 2.50 bits per heavy atom. The van der Waals surface area contributed by atoms with Crippen LogP contribution in [0.4, 0.5) is 0 Å². The first-order valence-electron chi connectivity index (χ1n) is 6.29. The Morgan fingerprint density at radius 1 is 1.19 bits per heavy atom. The number of unbranched alkanes of at least 4 members (excludes halogenated alkanes) is 6. The first kappa shape index (κ1) is 13.6. The van der Waals surface area contributed by atoms with Gasteiger partial charge in [-0.3, -0.25) is 0 Å². The zero-order valence-electron chi connectivity index (χ0n) is 10.1. The van der Waals surface area contributed by atoms with Crippen molar-refractivity contribution in [3.8, 4) is 0 Å². The molecule has 1 aromatic rings. The summed E-state index contributed by atoms with van der Waals surface area (Å²) in [5.41, 5.74) is 0.732. The average Bonchev–Trinajstić information content (AvgIpc) is 2.81. The van der Waals surface area contributed by atoms with Crippen LogP contribution in [0.2, 0.25) is 0 Å². The predicted molar refractivity (Wildman–Crippen MR) is 67.5 cm³/mol. The standard InChI is InChI=1S/C12H22N2OS/c1-2-3-4-5-6-7-8-9-12(15)11-10-16-14-13-11/h10,12,15H,2-9H2,1H3. The Bertz CT molecular complexity index is 252. The van der Waals surface area contributed by atoms with Crippen molar-refractivity contribution in [3.63, 3.8) is 0 Å². The minimum atomic E-state index is -0.408. The summed E-state index contributed by atoms with van der Waals surface area (Å²) in [5, 5.41) is 15.5. The molecule has 0 spiro atoms. The van der Waals surface area contributed by atoms with Gasteiger partial charge in [0, 0.05) is 5.38 Å². The second-order valence-corrected chi connectivity index (χ2v) is 4.87. The molecule has 0 fully saturated rings. The number of aromatic nitrogens is 2. The summed E-state index contributed by atoms with van der Waals surface area (Å²) in [7, 11) is 0. The van der Waals surface area contributed by atoms with Crippen LogP contribution in [0, 0.1) is 0 Å². The monoisotopic (exact) mass is 242 g/mol. The van der Waals surface area contributed by atoms with Crippen molar-refractivity contribution in [2.45, 2.75) is 64.4 Å². The average molecular weight is 242 g/mol. The predicted octanol–water partition coefficient (Wildman–Crippen LogP) is 3.71. The second-order valence-electron chi connectivity index (χ2n) is 4.26. The quantitative estimate of drug-likeness (QED) is 0.671. The molecule has 1 heterocycles. The van der Waals surface area contributed by atoms with E-state index in [2.05, 4.69) is 16.5 Å². The van der Waals surface area contributed by atoms with Crippen LogP contribution in [0.25, 0.3) is 0 Å². The molecular weight excluding hydrogens is 220 g/mol. The molecule has 1 N–H and O–H groups in total. The topological polar surface area (TPSA) is 46.0 Å². The number of aliphatic hydroxyl groups excluding tert-OH is 1. The van der Waals surface area contributed by atoms with Gasteiger partial charge in [-0.15, -0.1) is 5.10 Å². The smallest absolute Gasteiger partial charge is 0.104 e. The summed E-state index contributed by atoms with van der Waals surface area (Å²) in [6.45, 7) is 2.23. The van der Waals surface area contributed by atoms with E-state index in [0.29, 0.717) is 0 Å². The van der Waals surface area contributed by atoms with E-state index in [1.54, 1.807) is 0 Å². The molecule has 16 heavy (non-hydrogen) atoms. The molecule has 1 unspecified atom stereocenters. The molecule has 0 amide bonds. The molecule has 0 aromatic carbocycles. The maximum Gasteiger partial charge on any atom is 0.104 e. The molecular formula is C12H22N2OS. The minimum absolute atomic E-state index is 0.408. The molecule has 92 valence electrons. The summed E-state index contributed by atoms with van der Waals surface area (Å²) >= 11 is 1.30. The lowest BCUT2D eigenvalue weighted by molar-refractivity contribution is 0.158. The van der Waals surface area contributed by atoms with Gasteiger partial charge < -0.3 is 5.11 Å². The van der Waals surface area contributed by atoms with Crippen LogP contribution in [-0.4, -0.2) is 14.7 Å². The molecule has 4 heteroatoms. The first-order valence-corrected chi connectivity index (χ1v) is 7.13. The highest BCUT2D eigenvalue weighted by Gasteiger charge is 2.09. The fourth-order valence-electron chi connectivity index (χ4n) is 1.76.